The van der Waals surface area contributed by atoms with Crippen LogP contribution in [-0.4, -0.2) is 39.5 Å². The van der Waals surface area contributed by atoms with Crippen molar-refractivity contribution in [3.05, 3.63) is 17.0 Å². The number of aryl methyl sites for hydroxylation is 1. The number of Topliss-reactive ketones (excluding diaryl/α,β-unsaturated/α-hetero) is 1. The second-order valence-corrected chi connectivity index (χ2v) is 8.06. The summed E-state index contributed by atoms with van der Waals surface area (Å²) in [6.45, 7) is 7.41. The molecule has 3 saturated carbocycles. The third-order valence-electron chi connectivity index (χ3n) is 6.81. The van der Waals surface area contributed by atoms with E-state index < -0.39 is 0 Å². The van der Waals surface area contributed by atoms with Gasteiger partial charge in [0.15, 0.2) is 5.78 Å². The molecule has 130 valence electrons. The SMILES string of the molecule is CC(=O)c1c(C)nn(CC(=O)N2C[C@@H]3C4CCC(CC4)[C@@H]3C2)c1C. The van der Waals surface area contributed by atoms with E-state index in [9.17, 15) is 9.59 Å². The number of nitrogens with zero attached hydrogens (tertiary/aromatic N) is 3. The Morgan fingerprint density at radius 3 is 2.04 bits per heavy atom. The summed E-state index contributed by atoms with van der Waals surface area (Å²) in [5, 5.41) is 4.42. The summed E-state index contributed by atoms with van der Waals surface area (Å²) in [4.78, 5) is 26.6. The molecule has 0 radical (unpaired) electrons. The molecule has 0 N–H and O–H groups in total. The number of likely N-dealkylation sites (tertiary alicyclic amines) is 1. The van der Waals surface area contributed by atoms with E-state index in [1.807, 2.05) is 13.8 Å². The maximum atomic E-state index is 12.8. The molecule has 2 heterocycles. The maximum Gasteiger partial charge on any atom is 0.244 e. The van der Waals surface area contributed by atoms with Crippen LogP contribution in [0.2, 0.25) is 0 Å². The molecule has 1 saturated heterocycles. The van der Waals surface area contributed by atoms with E-state index in [0.29, 0.717) is 5.56 Å². The van der Waals surface area contributed by atoms with E-state index in [2.05, 4.69) is 10.00 Å². The van der Waals surface area contributed by atoms with Crippen molar-refractivity contribution in [1.82, 2.24) is 14.7 Å². The van der Waals surface area contributed by atoms with Gasteiger partial charge < -0.3 is 4.90 Å². The molecule has 1 aromatic heterocycles. The van der Waals surface area contributed by atoms with Gasteiger partial charge in [0.25, 0.3) is 0 Å². The molecular formula is C19H27N3O2. The minimum absolute atomic E-state index is 0.0208. The quantitative estimate of drug-likeness (QED) is 0.801. The second kappa shape index (κ2) is 5.71. The molecule has 5 nitrogen and oxygen atoms in total. The number of fused-ring (bicyclic) bond motifs is 2. The first-order valence-electron chi connectivity index (χ1n) is 9.28. The van der Waals surface area contributed by atoms with Crippen LogP contribution in [-0.2, 0) is 11.3 Å². The van der Waals surface area contributed by atoms with Crippen LogP contribution in [0.25, 0.3) is 0 Å². The number of amides is 1. The molecule has 1 aliphatic heterocycles. The molecular weight excluding hydrogens is 302 g/mol. The van der Waals surface area contributed by atoms with Crippen LogP contribution in [0.15, 0.2) is 0 Å². The van der Waals surface area contributed by atoms with Gasteiger partial charge in [0.05, 0.1) is 11.3 Å². The molecule has 24 heavy (non-hydrogen) atoms. The molecule has 5 heteroatoms. The van der Waals surface area contributed by atoms with Crippen molar-refractivity contribution < 1.29 is 9.59 Å². The molecule has 4 aliphatic rings. The highest BCUT2D eigenvalue weighted by molar-refractivity contribution is 5.96. The van der Waals surface area contributed by atoms with Gasteiger partial charge in [-0.1, -0.05) is 0 Å². The van der Waals surface area contributed by atoms with Crippen LogP contribution >= 0.6 is 0 Å². The minimum Gasteiger partial charge on any atom is -0.340 e. The van der Waals surface area contributed by atoms with Crippen molar-refractivity contribution in [2.75, 3.05) is 13.1 Å². The Bertz CT molecular complexity index is 665. The summed E-state index contributed by atoms with van der Waals surface area (Å²) in [6, 6.07) is 0. The fourth-order valence-electron chi connectivity index (χ4n) is 5.65. The van der Waals surface area contributed by atoms with Gasteiger partial charge in [-0.3, -0.25) is 14.3 Å². The van der Waals surface area contributed by atoms with E-state index >= 15 is 0 Å². The molecule has 3 aliphatic carbocycles. The number of carbonyl (C=O) groups is 2. The van der Waals surface area contributed by atoms with Crippen LogP contribution in [0.5, 0.6) is 0 Å². The summed E-state index contributed by atoms with van der Waals surface area (Å²) in [6.07, 6.45) is 5.47. The number of carbonyl (C=O) groups excluding carboxylic acids is 2. The van der Waals surface area contributed by atoms with Crippen molar-refractivity contribution >= 4 is 11.7 Å². The summed E-state index contributed by atoms with van der Waals surface area (Å²) < 4.78 is 1.71. The summed E-state index contributed by atoms with van der Waals surface area (Å²) >= 11 is 0. The number of rotatable bonds is 3. The molecule has 1 amide bonds. The van der Waals surface area contributed by atoms with Gasteiger partial charge in [-0.05, 0) is 70.1 Å². The van der Waals surface area contributed by atoms with Crippen LogP contribution in [0.1, 0.15) is 54.4 Å². The number of aromatic nitrogens is 2. The maximum absolute atomic E-state index is 12.8. The van der Waals surface area contributed by atoms with Gasteiger partial charge in [-0.25, -0.2) is 0 Å². The lowest BCUT2D eigenvalue weighted by Crippen LogP contribution is -2.38. The lowest BCUT2D eigenvalue weighted by molar-refractivity contribution is -0.131. The van der Waals surface area contributed by atoms with E-state index in [1.54, 1.807) is 11.6 Å². The Balaban J connectivity index is 1.48. The lowest BCUT2D eigenvalue weighted by Gasteiger charge is -2.44. The third-order valence-corrected chi connectivity index (χ3v) is 6.81. The van der Waals surface area contributed by atoms with E-state index in [4.69, 9.17) is 0 Å². The van der Waals surface area contributed by atoms with Gasteiger partial charge in [-0.2, -0.15) is 5.10 Å². The van der Waals surface area contributed by atoms with Crippen LogP contribution in [0.4, 0.5) is 0 Å². The van der Waals surface area contributed by atoms with Crippen molar-refractivity contribution in [3.63, 3.8) is 0 Å². The molecule has 0 unspecified atom stereocenters. The van der Waals surface area contributed by atoms with Crippen molar-refractivity contribution in [2.24, 2.45) is 23.7 Å². The van der Waals surface area contributed by atoms with Gasteiger partial charge >= 0.3 is 0 Å². The zero-order valence-electron chi connectivity index (χ0n) is 14.9. The normalized spacial score (nSPS) is 31.4. The van der Waals surface area contributed by atoms with Crippen LogP contribution < -0.4 is 0 Å². The standard InChI is InChI=1S/C19H27N3O2/c1-11-19(13(3)23)12(2)22(20-11)10-18(24)21-8-16-14-4-5-15(7-6-14)17(16)9-21/h14-17H,4-10H2,1-3H3/t14?,15?,16-,17+. The Hall–Kier alpha value is -1.65. The Kier molecular flexibility index (Phi) is 3.77. The Morgan fingerprint density at radius 2 is 1.58 bits per heavy atom. The molecule has 5 rings (SSSR count). The first-order chi connectivity index (χ1) is 11.5. The summed E-state index contributed by atoms with van der Waals surface area (Å²) in [5.41, 5.74) is 2.20. The fraction of sp³-hybridized carbons (Fsp3) is 0.737. The molecule has 0 aromatic carbocycles. The number of hydrogen-bond donors (Lipinski definition) is 0. The van der Waals surface area contributed by atoms with Gasteiger partial charge in [-0.15, -0.1) is 0 Å². The Morgan fingerprint density at radius 1 is 1.04 bits per heavy atom. The highest BCUT2D eigenvalue weighted by Gasteiger charge is 2.48. The average molecular weight is 329 g/mol. The number of ketones is 1. The Labute approximate surface area is 143 Å². The fourth-order valence-corrected chi connectivity index (χ4v) is 5.65. The summed E-state index contributed by atoms with van der Waals surface area (Å²) in [5.74, 6) is 3.33. The topological polar surface area (TPSA) is 55.2 Å². The number of hydrogen-bond acceptors (Lipinski definition) is 3. The first-order valence-corrected chi connectivity index (χ1v) is 9.28. The molecule has 0 spiro atoms. The highest BCUT2D eigenvalue weighted by atomic mass is 16.2. The van der Waals surface area contributed by atoms with E-state index in [-0.39, 0.29) is 18.2 Å². The minimum atomic E-state index is 0.0208. The predicted octanol–water partition coefficient (Wildman–Crippen LogP) is 2.60. The van der Waals surface area contributed by atoms with Crippen molar-refractivity contribution in [3.8, 4) is 0 Å². The third kappa shape index (κ3) is 2.40. The summed E-state index contributed by atoms with van der Waals surface area (Å²) in [7, 11) is 0. The molecule has 1 aromatic rings. The largest absolute Gasteiger partial charge is 0.340 e. The monoisotopic (exact) mass is 329 g/mol. The van der Waals surface area contributed by atoms with E-state index in [1.165, 1.54) is 25.7 Å². The highest BCUT2D eigenvalue weighted by Crippen LogP contribution is 2.51. The molecule has 4 fully saturated rings. The molecule has 2 atom stereocenters. The van der Waals surface area contributed by atoms with Gasteiger partial charge in [0.2, 0.25) is 5.91 Å². The first kappa shape index (κ1) is 15.9. The van der Waals surface area contributed by atoms with Gasteiger partial charge in [0, 0.05) is 18.8 Å². The lowest BCUT2D eigenvalue weighted by atomic mass is 9.60. The van der Waals surface area contributed by atoms with Crippen molar-refractivity contribution in [1.29, 1.82) is 0 Å². The predicted molar refractivity (Wildman–Crippen MR) is 90.7 cm³/mol. The van der Waals surface area contributed by atoms with Crippen molar-refractivity contribution in [2.45, 2.75) is 53.0 Å². The van der Waals surface area contributed by atoms with Crippen LogP contribution in [0.3, 0.4) is 0 Å². The van der Waals surface area contributed by atoms with Gasteiger partial charge in [0.1, 0.15) is 6.54 Å². The molecule has 2 bridgehead atoms. The second-order valence-electron chi connectivity index (χ2n) is 8.06. The smallest absolute Gasteiger partial charge is 0.244 e. The van der Waals surface area contributed by atoms with Crippen LogP contribution in [0, 0.1) is 37.5 Å². The zero-order valence-corrected chi connectivity index (χ0v) is 14.9. The van der Waals surface area contributed by atoms with E-state index in [0.717, 1.165) is 48.1 Å². The average Bonchev–Trinajstić information content (AvgIpc) is 3.12. The zero-order chi connectivity index (χ0) is 17.0.